The lowest BCUT2D eigenvalue weighted by Crippen LogP contribution is -2.33. The Labute approximate surface area is 174 Å². The molecule has 1 aromatic heterocycles. The van der Waals surface area contributed by atoms with Gasteiger partial charge >= 0.3 is 0 Å². The largest absolute Gasteiger partial charge is 0.359 e. The molecular weight excluding hydrogens is 360 g/mol. The molecule has 2 atom stereocenters. The van der Waals surface area contributed by atoms with Crippen LogP contribution in [0.4, 0.5) is 0 Å². The van der Waals surface area contributed by atoms with Gasteiger partial charge in [0.25, 0.3) is 5.91 Å². The van der Waals surface area contributed by atoms with Crippen LogP contribution < -0.4 is 5.43 Å². The highest BCUT2D eigenvalue weighted by atomic mass is 16.2. The quantitative estimate of drug-likeness (QED) is 0.678. The van der Waals surface area contributed by atoms with Crippen molar-refractivity contribution in [3.8, 4) is 0 Å². The van der Waals surface area contributed by atoms with Crippen LogP contribution in [0.3, 0.4) is 0 Å². The molecule has 5 rings (SSSR count). The molecule has 0 aromatic carbocycles. The molecule has 2 saturated carbocycles. The molecule has 1 amide bonds. The number of rotatable bonds is 7. The topological polar surface area (TPSA) is 60.5 Å². The van der Waals surface area contributed by atoms with Crippen LogP contribution in [-0.2, 0) is 11.2 Å². The van der Waals surface area contributed by atoms with Gasteiger partial charge in [-0.25, -0.2) is 5.43 Å². The molecule has 156 valence electrons. The monoisotopic (exact) mass is 394 g/mol. The molecule has 5 nitrogen and oxygen atoms in total. The molecule has 2 aliphatic carbocycles. The fourth-order valence-corrected chi connectivity index (χ4v) is 5.41. The van der Waals surface area contributed by atoms with E-state index in [1.807, 2.05) is 0 Å². The summed E-state index contributed by atoms with van der Waals surface area (Å²) in [5.74, 6) is 1.10. The Balaban J connectivity index is 1.36. The summed E-state index contributed by atoms with van der Waals surface area (Å²) in [7, 11) is 0. The Hall–Kier alpha value is -1.88. The summed E-state index contributed by atoms with van der Waals surface area (Å²) >= 11 is 0. The van der Waals surface area contributed by atoms with Gasteiger partial charge in [0.2, 0.25) is 0 Å². The Morgan fingerprint density at radius 1 is 1.07 bits per heavy atom. The van der Waals surface area contributed by atoms with Gasteiger partial charge in [0, 0.05) is 29.4 Å². The van der Waals surface area contributed by atoms with Crippen molar-refractivity contribution in [1.29, 1.82) is 0 Å². The standard InChI is InChI=1S/C24H34N4O/c1-14-6-7-15(2)28(14)12-4-5-19-16(3)25-21(22(19)17-8-9-17)13-20-23(18-10-11-18)26-27-24(20)29/h13-15,17-18,25H,4-12H2,1-3H3,(H,27,29)/b20-13+. The van der Waals surface area contributed by atoms with Crippen molar-refractivity contribution in [2.24, 2.45) is 11.0 Å². The Morgan fingerprint density at radius 2 is 1.76 bits per heavy atom. The van der Waals surface area contributed by atoms with E-state index in [1.54, 1.807) is 0 Å². The van der Waals surface area contributed by atoms with Gasteiger partial charge in [-0.1, -0.05) is 0 Å². The number of aromatic amines is 1. The van der Waals surface area contributed by atoms with Crippen LogP contribution in [0, 0.1) is 12.8 Å². The zero-order valence-corrected chi connectivity index (χ0v) is 18.1. The molecule has 2 unspecified atom stereocenters. The summed E-state index contributed by atoms with van der Waals surface area (Å²) < 4.78 is 0. The summed E-state index contributed by atoms with van der Waals surface area (Å²) in [5.41, 5.74) is 9.86. The first-order chi connectivity index (χ1) is 14.0. The third kappa shape index (κ3) is 3.70. The van der Waals surface area contributed by atoms with Crippen molar-refractivity contribution >= 4 is 17.7 Å². The van der Waals surface area contributed by atoms with Gasteiger partial charge in [-0.05, 0) is 102 Å². The van der Waals surface area contributed by atoms with Crippen LogP contribution in [0.15, 0.2) is 10.7 Å². The van der Waals surface area contributed by atoms with Gasteiger partial charge in [0.1, 0.15) is 0 Å². The maximum absolute atomic E-state index is 12.4. The molecule has 0 radical (unpaired) electrons. The van der Waals surface area contributed by atoms with E-state index in [0.717, 1.165) is 48.3 Å². The predicted molar refractivity (Wildman–Crippen MR) is 117 cm³/mol. The lowest BCUT2D eigenvalue weighted by atomic mass is 9.97. The molecule has 3 fully saturated rings. The maximum atomic E-state index is 12.4. The molecule has 0 spiro atoms. The Kier molecular flexibility index (Phi) is 4.89. The molecule has 5 heteroatoms. The highest BCUT2D eigenvalue weighted by Crippen LogP contribution is 2.45. The number of hydrogen-bond donors (Lipinski definition) is 2. The van der Waals surface area contributed by atoms with Crippen LogP contribution >= 0.6 is 0 Å². The first-order valence-corrected chi connectivity index (χ1v) is 11.6. The Bertz CT molecular complexity index is 862. The van der Waals surface area contributed by atoms with Crippen LogP contribution in [0.25, 0.3) is 6.08 Å². The second kappa shape index (κ2) is 7.42. The van der Waals surface area contributed by atoms with Crippen LogP contribution in [-0.4, -0.2) is 40.1 Å². The average Bonchev–Trinajstić information content (AvgIpc) is 3.61. The molecule has 3 heterocycles. The molecule has 4 aliphatic rings. The summed E-state index contributed by atoms with van der Waals surface area (Å²) in [6, 6.07) is 1.45. The second-order valence-corrected chi connectivity index (χ2v) is 9.72. The second-order valence-electron chi connectivity index (χ2n) is 9.72. The van der Waals surface area contributed by atoms with E-state index in [-0.39, 0.29) is 5.91 Å². The third-order valence-electron chi connectivity index (χ3n) is 7.40. The summed E-state index contributed by atoms with van der Waals surface area (Å²) in [4.78, 5) is 18.7. The minimum Gasteiger partial charge on any atom is -0.359 e. The first kappa shape index (κ1) is 19.1. The Morgan fingerprint density at radius 3 is 2.41 bits per heavy atom. The summed E-state index contributed by atoms with van der Waals surface area (Å²) in [6.45, 7) is 8.14. The smallest absolute Gasteiger partial charge is 0.273 e. The lowest BCUT2D eigenvalue weighted by molar-refractivity contribution is -0.116. The lowest BCUT2D eigenvalue weighted by Gasteiger charge is -2.25. The normalized spacial score (nSPS) is 29.0. The molecule has 2 N–H and O–H groups in total. The van der Waals surface area contributed by atoms with Crippen LogP contribution in [0.5, 0.6) is 0 Å². The third-order valence-corrected chi connectivity index (χ3v) is 7.40. The van der Waals surface area contributed by atoms with E-state index in [0.29, 0.717) is 11.8 Å². The minimum atomic E-state index is -0.0422. The number of carbonyl (C=O) groups excluding carboxylic acids is 1. The number of nitrogens with one attached hydrogen (secondary N) is 2. The number of aryl methyl sites for hydroxylation is 1. The van der Waals surface area contributed by atoms with Crippen molar-refractivity contribution in [1.82, 2.24) is 15.3 Å². The first-order valence-electron chi connectivity index (χ1n) is 11.6. The molecule has 29 heavy (non-hydrogen) atoms. The van der Waals surface area contributed by atoms with Gasteiger partial charge in [-0.15, -0.1) is 0 Å². The molecular formula is C24H34N4O. The van der Waals surface area contributed by atoms with E-state index in [1.165, 1.54) is 55.5 Å². The highest BCUT2D eigenvalue weighted by molar-refractivity contribution is 6.28. The molecule has 1 aromatic rings. The van der Waals surface area contributed by atoms with E-state index in [4.69, 9.17) is 0 Å². The molecule has 2 aliphatic heterocycles. The maximum Gasteiger partial charge on any atom is 0.273 e. The number of amides is 1. The predicted octanol–water partition coefficient (Wildman–Crippen LogP) is 4.29. The van der Waals surface area contributed by atoms with Crippen LogP contribution in [0.1, 0.15) is 87.2 Å². The van der Waals surface area contributed by atoms with E-state index < -0.39 is 0 Å². The fourth-order valence-electron chi connectivity index (χ4n) is 5.41. The van der Waals surface area contributed by atoms with Gasteiger partial charge < -0.3 is 4.98 Å². The zero-order chi connectivity index (χ0) is 20.1. The number of carbonyl (C=O) groups is 1. The van der Waals surface area contributed by atoms with Gasteiger partial charge in [0.15, 0.2) is 0 Å². The van der Waals surface area contributed by atoms with Gasteiger partial charge in [0.05, 0.1) is 11.3 Å². The van der Waals surface area contributed by atoms with E-state index in [9.17, 15) is 4.79 Å². The average molecular weight is 395 g/mol. The van der Waals surface area contributed by atoms with Crippen molar-refractivity contribution in [3.63, 3.8) is 0 Å². The fraction of sp³-hybridized carbons (Fsp3) is 0.667. The molecule has 0 bridgehead atoms. The van der Waals surface area contributed by atoms with Crippen molar-refractivity contribution in [2.45, 2.75) is 90.1 Å². The van der Waals surface area contributed by atoms with Crippen LogP contribution in [0.2, 0.25) is 0 Å². The summed E-state index contributed by atoms with van der Waals surface area (Å²) in [6.07, 6.45) is 12.0. The number of likely N-dealkylation sites (tertiary alicyclic amines) is 1. The number of hydrazone groups is 1. The van der Waals surface area contributed by atoms with E-state index >= 15 is 0 Å². The summed E-state index contributed by atoms with van der Waals surface area (Å²) in [5, 5.41) is 4.31. The van der Waals surface area contributed by atoms with Crippen molar-refractivity contribution < 1.29 is 4.79 Å². The van der Waals surface area contributed by atoms with Gasteiger partial charge in [-0.2, -0.15) is 5.10 Å². The number of hydrogen-bond acceptors (Lipinski definition) is 3. The number of nitrogens with zero attached hydrogens (tertiary/aromatic N) is 2. The molecule has 1 saturated heterocycles. The number of aromatic nitrogens is 1. The zero-order valence-electron chi connectivity index (χ0n) is 18.1. The minimum absolute atomic E-state index is 0.0422. The van der Waals surface area contributed by atoms with E-state index in [2.05, 4.69) is 47.3 Å². The highest BCUT2D eigenvalue weighted by Gasteiger charge is 2.37. The number of H-pyrrole nitrogens is 1. The van der Waals surface area contributed by atoms with Gasteiger partial charge in [-0.3, -0.25) is 9.69 Å². The van der Waals surface area contributed by atoms with Crippen molar-refractivity contribution in [3.05, 3.63) is 28.1 Å². The van der Waals surface area contributed by atoms with Crippen molar-refractivity contribution in [2.75, 3.05) is 6.54 Å². The SMILES string of the molecule is Cc1[nH]c(/C=C2/C(=O)NN=C2C2CC2)c(C2CC2)c1CCCN1C(C)CCC1C.